The molecule has 0 aliphatic carbocycles. The van der Waals surface area contributed by atoms with E-state index in [2.05, 4.69) is 25.6 Å². The first-order chi connectivity index (χ1) is 14.3. The molecular weight excluding hydrogens is 453 g/mol. The van der Waals surface area contributed by atoms with Crippen molar-refractivity contribution in [2.24, 2.45) is 0 Å². The lowest BCUT2D eigenvalue weighted by Crippen LogP contribution is -2.05. The van der Waals surface area contributed by atoms with E-state index in [1.807, 2.05) is 73.1 Å². The van der Waals surface area contributed by atoms with Crippen LogP contribution in [0.5, 0.6) is 5.75 Å². The number of anilines is 3. The van der Waals surface area contributed by atoms with E-state index in [0.29, 0.717) is 24.7 Å². The van der Waals surface area contributed by atoms with Crippen LogP contribution in [0.2, 0.25) is 0 Å². The summed E-state index contributed by atoms with van der Waals surface area (Å²) in [5, 5.41) is 9.35. The number of aromatic nitrogens is 3. The molecule has 1 aromatic carbocycles. The summed E-state index contributed by atoms with van der Waals surface area (Å²) in [5.41, 5.74) is 3.07. The minimum atomic E-state index is 0. The molecule has 0 bridgehead atoms. The molecule has 0 aliphatic rings. The normalized spacial score (nSPS) is 9.84. The van der Waals surface area contributed by atoms with Crippen LogP contribution < -0.4 is 15.4 Å². The molecule has 0 aliphatic heterocycles. The van der Waals surface area contributed by atoms with Crippen LogP contribution >= 0.6 is 36.2 Å². The Kier molecular flexibility index (Phi) is 9.52. The smallest absolute Gasteiger partial charge is 0.188 e. The van der Waals surface area contributed by atoms with E-state index < -0.39 is 0 Å². The summed E-state index contributed by atoms with van der Waals surface area (Å²) < 4.78 is 6.10. The van der Waals surface area contributed by atoms with E-state index >= 15 is 0 Å². The quantitative estimate of drug-likeness (QED) is 0.324. The Hall–Kier alpha value is -2.87. The molecule has 0 spiro atoms. The summed E-state index contributed by atoms with van der Waals surface area (Å²) in [6.07, 6.45) is 3.59. The van der Waals surface area contributed by atoms with Crippen LogP contribution in [0.4, 0.5) is 16.8 Å². The van der Waals surface area contributed by atoms with Crippen LogP contribution in [-0.4, -0.2) is 15.0 Å². The Balaban J connectivity index is 0.00000171. The SMILES string of the molecule is Cc1csc(Nc2ncc(CNc3ccccn3)cc2OCc2ccccc2)n1.Cl.Cl. The van der Waals surface area contributed by atoms with E-state index in [1.54, 1.807) is 17.5 Å². The Morgan fingerprint density at radius 2 is 1.77 bits per heavy atom. The molecule has 0 saturated heterocycles. The summed E-state index contributed by atoms with van der Waals surface area (Å²) in [7, 11) is 0. The van der Waals surface area contributed by atoms with Crippen molar-refractivity contribution in [2.45, 2.75) is 20.1 Å². The van der Waals surface area contributed by atoms with Crippen LogP contribution in [0.15, 0.2) is 72.4 Å². The van der Waals surface area contributed by atoms with Crippen molar-refractivity contribution in [3.05, 3.63) is 89.2 Å². The second kappa shape index (κ2) is 12.1. The third-order valence-electron chi connectivity index (χ3n) is 4.13. The van der Waals surface area contributed by atoms with Crippen molar-refractivity contribution in [3.63, 3.8) is 0 Å². The predicted octanol–water partition coefficient (Wildman–Crippen LogP) is 6.02. The van der Waals surface area contributed by atoms with Gasteiger partial charge in [-0.25, -0.2) is 15.0 Å². The summed E-state index contributed by atoms with van der Waals surface area (Å²) in [4.78, 5) is 13.3. The van der Waals surface area contributed by atoms with Crippen molar-refractivity contribution < 1.29 is 4.74 Å². The van der Waals surface area contributed by atoms with Gasteiger partial charge >= 0.3 is 0 Å². The van der Waals surface area contributed by atoms with Gasteiger partial charge in [0, 0.05) is 24.3 Å². The number of thiazole rings is 1. The summed E-state index contributed by atoms with van der Waals surface area (Å²) >= 11 is 1.54. The highest BCUT2D eigenvalue weighted by Crippen LogP contribution is 2.29. The lowest BCUT2D eigenvalue weighted by Gasteiger charge is -2.13. The largest absolute Gasteiger partial charge is 0.485 e. The number of pyridine rings is 2. The van der Waals surface area contributed by atoms with Crippen LogP contribution in [0.1, 0.15) is 16.8 Å². The molecule has 162 valence electrons. The molecule has 0 amide bonds. The molecule has 6 nitrogen and oxygen atoms in total. The summed E-state index contributed by atoms with van der Waals surface area (Å²) in [5.74, 6) is 2.15. The summed E-state index contributed by atoms with van der Waals surface area (Å²) in [6.45, 7) is 3.03. The molecule has 0 radical (unpaired) electrons. The molecule has 9 heteroatoms. The van der Waals surface area contributed by atoms with Crippen molar-refractivity contribution in [3.8, 4) is 5.75 Å². The van der Waals surface area contributed by atoms with Crippen molar-refractivity contribution in [1.29, 1.82) is 0 Å². The number of aryl methyl sites for hydroxylation is 1. The number of rotatable bonds is 8. The molecule has 0 fully saturated rings. The highest BCUT2D eigenvalue weighted by atomic mass is 35.5. The maximum absolute atomic E-state index is 6.10. The van der Waals surface area contributed by atoms with Gasteiger partial charge in [-0.15, -0.1) is 36.2 Å². The standard InChI is InChI=1S/C22H21N5OS.2ClH/c1-16-15-29-22(26-16)27-21-19(28-14-17-7-3-2-4-8-17)11-18(13-25-21)12-24-20-9-5-6-10-23-20;;/h2-11,13,15H,12,14H2,1H3,(H,23,24)(H,25,26,27);2*1H. The Labute approximate surface area is 198 Å². The zero-order valence-electron chi connectivity index (χ0n) is 16.8. The maximum atomic E-state index is 6.10. The van der Waals surface area contributed by atoms with Gasteiger partial charge in [0.25, 0.3) is 0 Å². The first-order valence-electron chi connectivity index (χ1n) is 9.26. The third-order valence-corrected chi connectivity index (χ3v) is 5.00. The van der Waals surface area contributed by atoms with E-state index in [4.69, 9.17) is 4.74 Å². The molecule has 4 aromatic rings. The van der Waals surface area contributed by atoms with Gasteiger partial charge in [-0.3, -0.25) is 0 Å². The Bertz CT molecular complexity index is 1060. The minimum absolute atomic E-state index is 0. The second-order valence-electron chi connectivity index (χ2n) is 6.45. The second-order valence-corrected chi connectivity index (χ2v) is 7.31. The zero-order valence-corrected chi connectivity index (χ0v) is 19.3. The van der Waals surface area contributed by atoms with Gasteiger partial charge in [0.15, 0.2) is 16.7 Å². The van der Waals surface area contributed by atoms with Gasteiger partial charge in [-0.2, -0.15) is 0 Å². The molecule has 0 unspecified atom stereocenters. The molecular formula is C22H23Cl2N5OS. The molecule has 31 heavy (non-hydrogen) atoms. The number of benzene rings is 1. The van der Waals surface area contributed by atoms with Crippen LogP contribution in [0.25, 0.3) is 0 Å². The van der Waals surface area contributed by atoms with Gasteiger partial charge in [-0.05, 0) is 36.2 Å². The fourth-order valence-corrected chi connectivity index (χ4v) is 3.38. The topological polar surface area (TPSA) is 72.0 Å². The first-order valence-corrected chi connectivity index (χ1v) is 10.1. The lowest BCUT2D eigenvalue weighted by atomic mass is 10.2. The fourth-order valence-electron chi connectivity index (χ4n) is 2.69. The number of hydrogen-bond acceptors (Lipinski definition) is 7. The van der Waals surface area contributed by atoms with Crippen LogP contribution in [0, 0.1) is 6.92 Å². The Morgan fingerprint density at radius 1 is 0.968 bits per heavy atom. The van der Waals surface area contributed by atoms with Gasteiger partial charge in [0.1, 0.15) is 12.4 Å². The van der Waals surface area contributed by atoms with Crippen LogP contribution in [-0.2, 0) is 13.2 Å². The zero-order chi connectivity index (χ0) is 19.9. The van der Waals surface area contributed by atoms with Gasteiger partial charge in [0.2, 0.25) is 0 Å². The third kappa shape index (κ3) is 7.10. The van der Waals surface area contributed by atoms with Crippen molar-refractivity contribution >= 4 is 52.9 Å². The summed E-state index contributed by atoms with van der Waals surface area (Å²) in [6, 6.07) is 17.8. The van der Waals surface area contributed by atoms with E-state index in [-0.39, 0.29) is 24.8 Å². The molecule has 3 heterocycles. The number of nitrogens with one attached hydrogen (secondary N) is 2. The van der Waals surface area contributed by atoms with Crippen molar-refractivity contribution in [2.75, 3.05) is 10.6 Å². The number of halogens is 2. The number of nitrogens with zero attached hydrogens (tertiary/aromatic N) is 3. The highest BCUT2D eigenvalue weighted by Gasteiger charge is 2.10. The number of hydrogen-bond donors (Lipinski definition) is 2. The highest BCUT2D eigenvalue weighted by molar-refractivity contribution is 7.13. The Morgan fingerprint density at radius 3 is 2.48 bits per heavy atom. The maximum Gasteiger partial charge on any atom is 0.188 e. The number of ether oxygens (including phenoxy) is 1. The van der Waals surface area contributed by atoms with E-state index in [9.17, 15) is 0 Å². The van der Waals surface area contributed by atoms with Crippen molar-refractivity contribution in [1.82, 2.24) is 15.0 Å². The van der Waals surface area contributed by atoms with Gasteiger partial charge in [-0.1, -0.05) is 36.4 Å². The average molecular weight is 476 g/mol. The molecule has 0 saturated carbocycles. The monoisotopic (exact) mass is 475 g/mol. The predicted molar refractivity (Wildman–Crippen MR) is 131 cm³/mol. The van der Waals surface area contributed by atoms with E-state index in [1.165, 1.54) is 0 Å². The molecule has 3 aromatic heterocycles. The molecule has 0 atom stereocenters. The molecule has 4 rings (SSSR count). The first kappa shape index (κ1) is 24.4. The molecule has 2 N–H and O–H groups in total. The average Bonchev–Trinajstić information content (AvgIpc) is 3.18. The minimum Gasteiger partial charge on any atom is -0.485 e. The van der Waals surface area contributed by atoms with E-state index in [0.717, 1.165) is 27.8 Å². The lowest BCUT2D eigenvalue weighted by molar-refractivity contribution is 0.306. The van der Waals surface area contributed by atoms with Gasteiger partial charge < -0.3 is 15.4 Å². The van der Waals surface area contributed by atoms with Crippen LogP contribution in [0.3, 0.4) is 0 Å². The van der Waals surface area contributed by atoms with Gasteiger partial charge in [0.05, 0.1) is 5.69 Å². The fraction of sp³-hybridized carbons (Fsp3) is 0.136.